The van der Waals surface area contributed by atoms with Gasteiger partial charge in [0.15, 0.2) is 0 Å². The molecule has 0 radical (unpaired) electrons. The molecule has 20 heavy (non-hydrogen) atoms. The third-order valence-corrected chi connectivity index (χ3v) is 4.18. The maximum atomic E-state index is 4.55. The molecule has 3 aromatic heterocycles. The average Bonchev–Trinajstić information content (AvgIpc) is 3.06. The van der Waals surface area contributed by atoms with Crippen LogP contribution in [0.25, 0.3) is 11.0 Å². The molecule has 0 fully saturated rings. The summed E-state index contributed by atoms with van der Waals surface area (Å²) < 4.78 is 2.25. The maximum absolute atomic E-state index is 4.55. The Morgan fingerprint density at radius 3 is 2.95 bits per heavy atom. The molecule has 3 aromatic rings. The number of rotatable bonds is 5. The Hall–Kier alpha value is -1.65. The molecule has 0 aliphatic rings. The number of hydrogen-bond donors (Lipinski definition) is 1. The van der Waals surface area contributed by atoms with Gasteiger partial charge in [0.25, 0.3) is 0 Å². The monoisotopic (exact) mass is 285 g/mol. The molecule has 0 spiro atoms. The fourth-order valence-corrected chi connectivity index (χ4v) is 3.04. The fourth-order valence-electron chi connectivity index (χ4n) is 2.34. The lowest BCUT2D eigenvalue weighted by Crippen LogP contribution is -2.21. The van der Waals surface area contributed by atoms with Crippen molar-refractivity contribution in [2.75, 3.05) is 0 Å². The van der Waals surface area contributed by atoms with Gasteiger partial charge in [0.1, 0.15) is 5.65 Å². The minimum atomic E-state index is 0.488. The van der Waals surface area contributed by atoms with Crippen molar-refractivity contribution < 1.29 is 0 Å². The number of thiophene rings is 1. The Balaban J connectivity index is 1.95. The van der Waals surface area contributed by atoms with Gasteiger partial charge < -0.3 is 9.88 Å². The first kappa shape index (κ1) is 13.3. The zero-order chi connectivity index (χ0) is 13.9. The van der Waals surface area contributed by atoms with Gasteiger partial charge >= 0.3 is 0 Å². The van der Waals surface area contributed by atoms with Gasteiger partial charge in [-0.15, -0.1) is 11.3 Å². The van der Waals surface area contributed by atoms with Crippen LogP contribution in [0.3, 0.4) is 0 Å². The van der Waals surface area contributed by atoms with Crippen LogP contribution >= 0.6 is 11.3 Å². The van der Waals surface area contributed by atoms with Gasteiger partial charge in [0, 0.05) is 35.2 Å². The second-order valence-electron chi connectivity index (χ2n) is 5.27. The predicted molar refractivity (Wildman–Crippen MR) is 85.1 cm³/mol. The molecule has 0 atom stereocenters. The first-order valence-corrected chi connectivity index (χ1v) is 7.80. The van der Waals surface area contributed by atoms with E-state index in [1.165, 1.54) is 15.8 Å². The van der Waals surface area contributed by atoms with E-state index in [2.05, 4.69) is 58.5 Å². The first-order chi connectivity index (χ1) is 9.74. The molecule has 0 bridgehead atoms. The second-order valence-corrected chi connectivity index (χ2v) is 6.30. The van der Waals surface area contributed by atoms with E-state index in [-0.39, 0.29) is 0 Å². The van der Waals surface area contributed by atoms with Crippen LogP contribution in [0.2, 0.25) is 0 Å². The second kappa shape index (κ2) is 5.77. The largest absolute Gasteiger partial charge is 0.327 e. The Morgan fingerprint density at radius 2 is 2.20 bits per heavy atom. The van der Waals surface area contributed by atoms with E-state index >= 15 is 0 Å². The molecule has 1 N–H and O–H groups in total. The average molecular weight is 285 g/mol. The van der Waals surface area contributed by atoms with Gasteiger partial charge in [-0.25, -0.2) is 4.98 Å². The molecule has 0 aliphatic heterocycles. The number of fused-ring (bicyclic) bond motifs is 1. The Labute approximate surface area is 123 Å². The summed E-state index contributed by atoms with van der Waals surface area (Å²) in [6, 6.07) is 8.93. The van der Waals surface area contributed by atoms with Crippen molar-refractivity contribution in [1.29, 1.82) is 0 Å². The van der Waals surface area contributed by atoms with Crippen LogP contribution in [-0.4, -0.2) is 15.6 Å². The highest BCUT2D eigenvalue weighted by atomic mass is 32.1. The van der Waals surface area contributed by atoms with E-state index in [4.69, 9.17) is 0 Å². The maximum Gasteiger partial charge on any atom is 0.140 e. The third kappa shape index (κ3) is 2.76. The van der Waals surface area contributed by atoms with Gasteiger partial charge in [-0.05, 0) is 29.1 Å². The van der Waals surface area contributed by atoms with Crippen LogP contribution < -0.4 is 5.32 Å². The Morgan fingerprint density at radius 1 is 1.30 bits per heavy atom. The predicted octanol–water partition coefficient (Wildman–Crippen LogP) is 3.64. The topological polar surface area (TPSA) is 29.9 Å². The number of pyridine rings is 1. The summed E-state index contributed by atoms with van der Waals surface area (Å²) in [5.74, 6) is 0. The van der Waals surface area contributed by atoms with E-state index in [0.29, 0.717) is 6.04 Å². The van der Waals surface area contributed by atoms with Crippen LogP contribution in [0.5, 0.6) is 0 Å². The third-order valence-electron chi connectivity index (χ3n) is 3.32. The van der Waals surface area contributed by atoms with E-state index in [1.54, 1.807) is 11.3 Å². The highest BCUT2D eigenvalue weighted by molar-refractivity contribution is 7.09. The van der Waals surface area contributed by atoms with Crippen LogP contribution in [0.15, 0.2) is 42.0 Å². The van der Waals surface area contributed by atoms with Crippen LogP contribution in [0, 0.1) is 0 Å². The molecule has 3 rings (SSSR count). The van der Waals surface area contributed by atoms with Crippen molar-refractivity contribution in [1.82, 2.24) is 14.9 Å². The summed E-state index contributed by atoms with van der Waals surface area (Å²) in [5.41, 5.74) is 2.39. The molecule has 0 saturated carbocycles. The number of aromatic nitrogens is 2. The lowest BCUT2D eigenvalue weighted by atomic mass is 10.2. The molecule has 0 amide bonds. The first-order valence-electron chi connectivity index (χ1n) is 6.92. The van der Waals surface area contributed by atoms with Gasteiger partial charge in [0.05, 0.1) is 6.54 Å². The smallest absolute Gasteiger partial charge is 0.140 e. The molecule has 0 saturated heterocycles. The van der Waals surface area contributed by atoms with E-state index in [1.807, 2.05) is 12.3 Å². The zero-order valence-electron chi connectivity index (χ0n) is 11.8. The quantitative estimate of drug-likeness (QED) is 0.775. The zero-order valence-corrected chi connectivity index (χ0v) is 12.7. The van der Waals surface area contributed by atoms with Crippen molar-refractivity contribution >= 4 is 22.4 Å². The molecular formula is C16H19N3S. The minimum Gasteiger partial charge on any atom is -0.327 e. The lowest BCUT2D eigenvalue weighted by Gasteiger charge is -2.06. The minimum absolute atomic E-state index is 0.488. The van der Waals surface area contributed by atoms with Gasteiger partial charge in [-0.3, -0.25) is 0 Å². The standard InChI is InChI=1S/C16H19N3S/c1-12(2)18-9-13-10-19(11-14-5-4-8-20-14)16-15(13)6-3-7-17-16/h3-8,10,12,18H,9,11H2,1-2H3. The van der Waals surface area contributed by atoms with Gasteiger partial charge in [-0.2, -0.15) is 0 Å². The molecule has 0 aliphatic carbocycles. The number of nitrogens with one attached hydrogen (secondary N) is 1. The van der Waals surface area contributed by atoms with Crippen molar-refractivity contribution in [3.63, 3.8) is 0 Å². The van der Waals surface area contributed by atoms with Crippen LogP contribution in [0.4, 0.5) is 0 Å². The fraction of sp³-hybridized carbons (Fsp3) is 0.312. The Bertz CT molecular complexity index is 683. The van der Waals surface area contributed by atoms with Crippen molar-refractivity contribution in [2.45, 2.75) is 33.0 Å². The highest BCUT2D eigenvalue weighted by Crippen LogP contribution is 2.21. The summed E-state index contributed by atoms with van der Waals surface area (Å²) in [7, 11) is 0. The van der Waals surface area contributed by atoms with Crippen molar-refractivity contribution in [3.05, 3.63) is 52.5 Å². The molecule has 104 valence electrons. The molecular weight excluding hydrogens is 266 g/mol. The lowest BCUT2D eigenvalue weighted by molar-refractivity contribution is 0.589. The van der Waals surface area contributed by atoms with E-state index in [0.717, 1.165) is 18.7 Å². The van der Waals surface area contributed by atoms with Crippen LogP contribution in [-0.2, 0) is 13.1 Å². The van der Waals surface area contributed by atoms with E-state index < -0.39 is 0 Å². The highest BCUT2D eigenvalue weighted by Gasteiger charge is 2.10. The van der Waals surface area contributed by atoms with Gasteiger partial charge in [-0.1, -0.05) is 19.9 Å². The number of nitrogens with zero attached hydrogens (tertiary/aromatic N) is 2. The summed E-state index contributed by atoms with van der Waals surface area (Å²) in [6.45, 7) is 6.12. The molecule has 4 heteroatoms. The SMILES string of the molecule is CC(C)NCc1cn(Cc2cccs2)c2ncccc12. The Kier molecular flexibility index (Phi) is 3.85. The summed E-state index contributed by atoms with van der Waals surface area (Å²) in [6.07, 6.45) is 4.10. The van der Waals surface area contributed by atoms with Crippen LogP contribution in [0.1, 0.15) is 24.3 Å². The van der Waals surface area contributed by atoms with Crippen molar-refractivity contribution in [3.8, 4) is 0 Å². The van der Waals surface area contributed by atoms with E-state index in [9.17, 15) is 0 Å². The molecule has 0 unspecified atom stereocenters. The molecule has 3 nitrogen and oxygen atoms in total. The normalized spacial score (nSPS) is 11.6. The summed E-state index contributed by atoms with van der Waals surface area (Å²) in [4.78, 5) is 5.91. The summed E-state index contributed by atoms with van der Waals surface area (Å²) >= 11 is 1.79. The number of hydrogen-bond acceptors (Lipinski definition) is 3. The molecule has 3 heterocycles. The molecule has 0 aromatic carbocycles. The van der Waals surface area contributed by atoms with Gasteiger partial charge in [0.2, 0.25) is 0 Å². The van der Waals surface area contributed by atoms with Crippen molar-refractivity contribution in [2.24, 2.45) is 0 Å². The summed E-state index contributed by atoms with van der Waals surface area (Å²) in [5, 5.41) is 6.86.